The van der Waals surface area contributed by atoms with Gasteiger partial charge in [-0.15, -0.1) is 0 Å². The fraction of sp³-hybridized carbons (Fsp3) is 0.923. The lowest BCUT2D eigenvalue weighted by atomic mass is 10.2. The minimum absolute atomic E-state index is 0.810. The highest BCUT2D eigenvalue weighted by Crippen LogP contribution is 2.14. The molecule has 5 nitrogen and oxygen atoms in total. The van der Waals surface area contributed by atoms with E-state index in [0.29, 0.717) is 0 Å². The summed E-state index contributed by atoms with van der Waals surface area (Å²) >= 11 is 0. The zero-order valence-electron chi connectivity index (χ0n) is 13.4. The van der Waals surface area contributed by atoms with Crippen LogP contribution in [0, 0.1) is 0 Å². The molecule has 0 saturated carbocycles. The van der Waals surface area contributed by atoms with Crippen LogP contribution in [0.5, 0.6) is 0 Å². The highest BCUT2D eigenvalue weighted by molar-refractivity contribution is 6.60. The van der Waals surface area contributed by atoms with Gasteiger partial charge in [-0.25, -0.2) is 0 Å². The maximum Gasteiger partial charge on any atom is 0.500 e. The minimum atomic E-state index is -2.41. The Hall–Kier alpha value is -0.273. The standard InChI is InChI=1S/C13H30N2O3Si/c1-13(9-7-11-15(2)3)14-10-8-12-19(16-4,17-5)18-6/h7-12H2,1-6H3. The van der Waals surface area contributed by atoms with E-state index in [2.05, 4.69) is 30.9 Å². The Morgan fingerprint density at radius 3 is 2.11 bits per heavy atom. The van der Waals surface area contributed by atoms with Crippen molar-refractivity contribution < 1.29 is 13.3 Å². The molecule has 0 amide bonds. The minimum Gasteiger partial charge on any atom is -0.377 e. The van der Waals surface area contributed by atoms with Crippen molar-refractivity contribution in [1.29, 1.82) is 0 Å². The van der Waals surface area contributed by atoms with Crippen LogP contribution in [0.3, 0.4) is 0 Å². The summed E-state index contributed by atoms with van der Waals surface area (Å²) in [6.45, 7) is 4.03. The van der Waals surface area contributed by atoms with E-state index in [1.54, 1.807) is 21.3 Å². The SMILES string of the molecule is CO[Si](CCCN=C(C)CCCN(C)C)(OC)OC. The summed E-state index contributed by atoms with van der Waals surface area (Å²) in [6, 6.07) is 0.810. The van der Waals surface area contributed by atoms with Gasteiger partial charge in [0, 0.05) is 39.6 Å². The molecule has 0 aromatic rings. The predicted molar refractivity (Wildman–Crippen MR) is 82.0 cm³/mol. The molecule has 0 unspecified atom stereocenters. The molecule has 0 spiro atoms. The number of rotatable bonds is 11. The average Bonchev–Trinajstić information content (AvgIpc) is 2.39. The van der Waals surface area contributed by atoms with Crippen LogP contribution in [0.1, 0.15) is 26.2 Å². The molecule has 0 N–H and O–H groups in total. The Morgan fingerprint density at radius 1 is 1.05 bits per heavy atom. The third-order valence-corrected chi connectivity index (χ3v) is 5.93. The van der Waals surface area contributed by atoms with Gasteiger partial charge in [-0.2, -0.15) is 0 Å². The number of hydrogen-bond donors (Lipinski definition) is 0. The second kappa shape index (κ2) is 10.5. The van der Waals surface area contributed by atoms with E-state index in [0.717, 1.165) is 38.4 Å². The van der Waals surface area contributed by atoms with Gasteiger partial charge in [-0.05, 0) is 46.8 Å². The summed E-state index contributed by atoms with van der Waals surface area (Å²) in [5, 5.41) is 0. The highest BCUT2D eigenvalue weighted by atomic mass is 28.4. The highest BCUT2D eigenvalue weighted by Gasteiger charge is 2.36. The monoisotopic (exact) mass is 290 g/mol. The fourth-order valence-corrected chi connectivity index (χ4v) is 3.56. The quantitative estimate of drug-likeness (QED) is 0.332. The molecule has 0 heterocycles. The van der Waals surface area contributed by atoms with Crippen molar-refractivity contribution in [2.45, 2.75) is 32.2 Å². The van der Waals surface area contributed by atoms with E-state index in [1.165, 1.54) is 5.71 Å². The Morgan fingerprint density at radius 2 is 1.63 bits per heavy atom. The van der Waals surface area contributed by atoms with Crippen LogP contribution in [-0.2, 0) is 13.3 Å². The van der Waals surface area contributed by atoms with Crippen molar-refractivity contribution >= 4 is 14.5 Å². The van der Waals surface area contributed by atoms with E-state index >= 15 is 0 Å². The second-order valence-corrected chi connectivity index (χ2v) is 8.01. The summed E-state index contributed by atoms with van der Waals surface area (Å²) < 4.78 is 16.1. The van der Waals surface area contributed by atoms with Crippen LogP contribution >= 0.6 is 0 Å². The van der Waals surface area contributed by atoms with E-state index in [9.17, 15) is 0 Å². The van der Waals surface area contributed by atoms with Crippen LogP contribution in [0.15, 0.2) is 4.99 Å². The molecule has 0 aliphatic carbocycles. The molecule has 114 valence electrons. The van der Waals surface area contributed by atoms with Crippen LogP contribution < -0.4 is 0 Å². The first-order valence-corrected chi connectivity index (χ1v) is 8.73. The van der Waals surface area contributed by atoms with E-state index in [1.807, 2.05) is 0 Å². The summed E-state index contributed by atoms with van der Waals surface area (Å²) in [5.74, 6) is 0. The van der Waals surface area contributed by atoms with Gasteiger partial charge in [0.15, 0.2) is 0 Å². The van der Waals surface area contributed by atoms with E-state index in [-0.39, 0.29) is 0 Å². The number of aliphatic imine (C=N–C) groups is 1. The third-order valence-electron chi connectivity index (χ3n) is 3.10. The van der Waals surface area contributed by atoms with Crippen LogP contribution in [0.4, 0.5) is 0 Å². The molecule has 0 fully saturated rings. The topological polar surface area (TPSA) is 43.3 Å². The van der Waals surface area contributed by atoms with Crippen molar-refractivity contribution in [3.05, 3.63) is 0 Å². The van der Waals surface area contributed by atoms with Crippen molar-refractivity contribution in [2.75, 3.05) is 48.5 Å². The first-order valence-electron chi connectivity index (χ1n) is 6.79. The van der Waals surface area contributed by atoms with Crippen molar-refractivity contribution in [1.82, 2.24) is 4.90 Å². The average molecular weight is 290 g/mol. The molecule has 0 radical (unpaired) electrons. The molecule has 0 atom stereocenters. The molecule has 0 aromatic heterocycles. The Kier molecular flexibility index (Phi) is 10.4. The first kappa shape index (κ1) is 18.7. The van der Waals surface area contributed by atoms with E-state index < -0.39 is 8.80 Å². The zero-order chi connectivity index (χ0) is 14.7. The maximum absolute atomic E-state index is 5.38. The van der Waals surface area contributed by atoms with Crippen LogP contribution in [-0.4, -0.2) is 67.9 Å². The molecule has 19 heavy (non-hydrogen) atoms. The largest absolute Gasteiger partial charge is 0.500 e. The van der Waals surface area contributed by atoms with Crippen LogP contribution in [0.2, 0.25) is 6.04 Å². The molecule has 0 saturated heterocycles. The molecular weight excluding hydrogens is 260 g/mol. The van der Waals surface area contributed by atoms with Gasteiger partial charge in [0.25, 0.3) is 0 Å². The molecular formula is C13H30N2O3Si. The van der Waals surface area contributed by atoms with Gasteiger partial charge in [-0.1, -0.05) is 0 Å². The van der Waals surface area contributed by atoms with Gasteiger partial charge in [-0.3, -0.25) is 4.99 Å². The third kappa shape index (κ3) is 8.49. The van der Waals surface area contributed by atoms with Crippen LogP contribution in [0.25, 0.3) is 0 Å². The smallest absolute Gasteiger partial charge is 0.377 e. The zero-order valence-corrected chi connectivity index (χ0v) is 14.4. The lowest BCUT2D eigenvalue weighted by Crippen LogP contribution is -2.42. The van der Waals surface area contributed by atoms with Crippen molar-refractivity contribution in [2.24, 2.45) is 4.99 Å². The van der Waals surface area contributed by atoms with Gasteiger partial charge in [0.1, 0.15) is 0 Å². The normalized spacial score (nSPS) is 13.3. The Bertz CT molecular complexity index is 248. The summed E-state index contributed by atoms with van der Waals surface area (Å²) in [6.07, 6.45) is 3.17. The van der Waals surface area contributed by atoms with Crippen molar-refractivity contribution in [3.63, 3.8) is 0 Å². The lowest BCUT2D eigenvalue weighted by molar-refractivity contribution is 0.123. The number of nitrogens with zero attached hydrogens (tertiary/aromatic N) is 2. The van der Waals surface area contributed by atoms with Gasteiger partial charge in [0.05, 0.1) is 0 Å². The Labute approximate surface area is 119 Å². The lowest BCUT2D eigenvalue weighted by Gasteiger charge is -2.23. The molecule has 0 aliphatic heterocycles. The molecule has 0 aromatic carbocycles. The maximum atomic E-state index is 5.38. The first-order chi connectivity index (χ1) is 8.99. The van der Waals surface area contributed by atoms with Gasteiger partial charge >= 0.3 is 8.80 Å². The summed E-state index contributed by atoms with van der Waals surface area (Å²) in [5.41, 5.74) is 1.22. The van der Waals surface area contributed by atoms with E-state index in [4.69, 9.17) is 13.3 Å². The predicted octanol–water partition coefficient (Wildman–Crippen LogP) is 2.06. The molecule has 6 heteroatoms. The summed E-state index contributed by atoms with van der Waals surface area (Å²) in [4.78, 5) is 6.78. The number of hydrogen-bond acceptors (Lipinski definition) is 5. The molecule has 0 bridgehead atoms. The van der Waals surface area contributed by atoms with Crippen molar-refractivity contribution in [3.8, 4) is 0 Å². The molecule has 0 aliphatic rings. The van der Waals surface area contributed by atoms with Gasteiger partial charge < -0.3 is 18.2 Å². The summed E-state index contributed by atoms with van der Waals surface area (Å²) in [7, 11) is 6.73. The molecule has 0 rings (SSSR count). The Balaban J connectivity index is 3.87. The fourth-order valence-electron chi connectivity index (χ4n) is 1.85. The van der Waals surface area contributed by atoms with Gasteiger partial charge in [0.2, 0.25) is 0 Å². The second-order valence-electron chi connectivity index (χ2n) is 4.92.